The third-order valence-corrected chi connectivity index (χ3v) is 3.53. The SMILES string of the molecule is CCNC(Cc1cc(F)ccc1F)c1cnn(C)c1C. The molecule has 1 heterocycles. The minimum atomic E-state index is -0.417. The molecule has 1 aromatic carbocycles. The Morgan fingerprint density at radius 3 is 2.70 bits per heavy atom. The lowest BCUT2D eigenvalue weighted by molar-refractivity contribution is 0.519. The van der Waals surface area contributed by atoms with Crippen molar-refractivity contribution < 1.29 is 8.78 Å². The molecule has 1 aromatic heterocycles. The maximum atomic E-state index is 13.8. The number of aryl methyl sites for hydroxylation is 1. The second kappa shape index (κ2) is 6.13. The van der Waals surface area contributed by atoms with Gasteiger partial charge in [0.15, 0.2) is 0 Å². The minimum Gasteiger partial charge on any atom is -0.310 e. The van der Waals surface area contributed by atoms with E-state index in [4.69, 9.17) is 0 Å². The van der Waals surface area contributed by atoms with Crippen LogP contribution in [0.1, 0.15) is 29.8 Å². The zero-order valence-corrected chi connectivity index (χ0v) is 12.0. The average molecular weight is 279 g/mol. The lowest BCUT2D eigenvalue weighted by Gasteiger charge is -2.18. The summed E-state index contributed by atoms with van der Waals surface area (Å²) in [5, 5.41) is 7.52. The van der Waals surface area contributed by atoms with Crippen LogP contribution in [-0.4, -0.2) is 16.3 Å². The highest BCUT2D eigenvalue weighted by atomic mass is 19.1. The zero-order chi connectivity index (χ0) is 14.7. The fourth-order valence-electron chi connectivity index (χ4n) is 2.32. The van der Waals surface area contributed by atoms with E-state index in [1.54, 1.807) is 10.9 Å². The van der Waals surface area contributed by atoms with E-state index in [1.807, 2.05) is 20.9 Å². The van der Waals surface area contributed by atoms with Crippen molar-refractivity contribution in [1.82, 2.24) is 15.1 Å². The van der Waals surface area contributed by atoms with Crippen LogP contribution in [0.15, 0.2) is 24.4 Å². The van der Waals surface area contributed by atoms with E-state index < -0.39 is 5.82 Å². The lowest BCUT2D eigenvalue weighted by Crippen LogP contribution is -2.24. The fraction of sp³-hybridized carbons (Fsp3) is 0.400. The summed E-state index contributed by atoms with van der Waals surface area (Å²) in [5.74, 6) is -0.796. The van der Waals surface area contributed by atoms with Crippen LogP contribution in [0, 0.1) is 18.6 Å². The van der Waals surface area contributed by atoms with Gasteiger partial charge in [-0.15, -0.1) is 0 Å². The monoisotopic (exact) mass is 279 g/mol. The summed E-state index contributed by atoms with van der Waals surface area (Å²) >= 11 is 0. The van der Waals surface area contributed by atoms with Crippen molar-refractivity contribution in [1.29, 1.82) is 0 Å². The van der Waals surface area contributed by atoms with Crippen molar-refractivity contribution in [2.75, 3.05) is 6.54 Å². The Bertz CT molecular complexity index is 593. The number of hydrogen-bond acceptors (Lipinski definition) is 2. The molecular formula is C15H19F2N3. The van der Waals surface area contributed by atoms with Gasteiger partial charge in [-0.2, -0.15) is 5.10 Å². The Morgan fingerprint density at radius 2 is 2.10 bits per heavy atom. The summed E-state index contributed by atoms with van der Waals surface area (Å²) in [6, 6.07) is 3.48. The highest BCUT2D eigenvalue weighted by Crippen LogP contribution is 2.23. The first-order valence-corrected chi connectivity index (χ1v) is 6.68. The normalized spacial score (nSPS) is 12.7. The topological polar surface area (TPSA) is 29.9 Å². The molecule has 2 aromatic rings. The van der Waals surface area contributed by atoms with Gasteiger partial charge in [-0.25, -0.2) is 8.78 Å². The van der Waals surface area contributed by atoms with E-state index in [0.29, 0.717) is 12.0 Å². The van der Waals surface area contributed by atoms with E-state index in [9.17, 15) is 8.78 Å². The van der Waals surface area contributed by atoms with Gasteiger partial charge >= 0.3 is 0 Å². The molecule has 3 nitrogen and oxygen atoms in total. The number of rotatable bonds is 5. The number of nitrogens with zero attached hydrogens (tertiary/aromatic N) is 2. The second-order valence-electron chi connectivity index (χ2n) is 4.86. The molecule has 0 radical (unpaired) electrons. The number of aromatic nitrogens is 2. The molecule has 2 rings (SSSR count). The maximum Gasteiger partial charge on any atom is 0.126 e. The molecule has 0 aliphatic carbocycles. The minimum absolute atomic E-state index is 0.0787. The van der Waals surface area contributed by atoms with Gasteiger partial charge in [-0.1, -0.05) is 6.92 Å². The predicted octanol–water partition coefficient (Wildman–Crippen LogP) is 2.90. The molecular weight excluding hydrogens is 260 g/mol. The van der Waals surface area contributed by atoms with E-state index in [-0.39, 0.29) is 11.9 Å². The van der Waals surface area contributed by atoms with Crippen molar-refractivity contribution >= 4 is 0 Å². The smallest absolute Gasteiger partial charge is 0.126 e. The molecule has 0 amide bonds. The molecule has 0 fully saturated rings. The molecule has 0 aliphatic rings. The van der Waals surface area contributed by atoms with Gasteiger partial charge in [0, 0.05) is 24.3 Å². The lowest BCUT2D eigenvalue weighted by atomic mass is 9.99. The van der Waals surface area contributed by atoms with E-state index >= 15 is 0 Å². The highest BCUT2D eigenvalue weighted by Gasteiger charge is 2.18. The molecule has 1 unspecified atom stereocenters. The van der Waals surface area contributed by atoms with Crippen LogP contribution in [0.4, 0.5) is 8.78 Å². The second-order valence-corrected chi connectivity index (χ2v) is 4.86. The Morgan fingerprint density at radius 1 is 1.35 bits per heavy atom. The third kappa shape index (κ3) is 3.04. The summed E-state index contributed by atoms with van der Waals surface area (Å²) in [7, 11) is 1.87. The van der Waals surface area contributed by atoms with Crippen molar-refractivity contribution in [2.24, 2.45) is 7.05 Å². The number of likely N-dealkylation sites (N-methyl/N-ethyl adjacent to an activating group) is 1. The molecule has 1 N–H and O–H groups in total. The number of hydrogen-bond donors (Lipinski definition) is 1. The van der Waals surface area contributed by atoms with Gasteiger partial charge in [0.05, 0.1) is 6.20 Å². The van der Waals surface area contributed by atoms with Gasteiger partial charge in [0.2, 0.25) is 0 Å². The molecule has 1 atom stereocenters. The fourth-order valence-corrected chi connectivity index (χ4v) is 2.32. The van der Waals surface area contributed by atoms with E-state index in [1.165, 1.54) is 12.1 Å². The van der Waals surface area contributed by atoms with Crippen LogP contribution in [0.3, 0.4) is 0 Å². The molecule has 0 saturated carbocycles. The van der Waals surface area contributed by atoms with Crippen LogP contribution in [-0.2, 0) is 13.5 Å². The van der Waals surface area contributed by atoms with Gasteiger partial charge in [0.25, 0.3) is 0 Å². The first-order valence-electron chi connectivity index (χ1n) is 6.68. The van der Waals surface area contributed by atoms with E-state index in [0.717, 1.165) is 23.9 Å². The van der Waals surface area contributed by atoms with Crippen LogP contribution < -0.4 is 5.32 Å². The van der Waals surface area contributed by atoms with Crippen LogP contribution in [0.5, 0.6) is 0 Å². The van der Waals surface area contributed by atoms with Gasteiger partial charge in [-0.3, -0.25) is 4.68 Å². The highest BCUT2D eigenvalue weighted by molar-refractivity contribution is 5.26. The first-order chi connectivity index (χ1) is 9.52. The van der Waals surface area contributed by atoms with Gasteiger partial charge in [-0.05, 0) is 43.7 Å². The van der Waals surface area contributed by atoms with Crippen LogP contribution >= 0.6 is 0 Å². The summed E-state index contributed by atoms with van der Waals surface area (Å²) < 4.78 is 28.8. The predicted molar refractivity (Wildman–Crippen MR) is 74.4 cm³/mol. The zero-order valence-electron chi connectivity index (χ0n) is 12.0. The Labute approximate surface area is 117 Å². The number of halogens is 2. The number of nitrogens with one attached hydrogen (secondary N) is 1. The van der Waals surface area contributed by atoms with Crippen molar-refractivity contribution in [3.8, 4) is 0 Å². The van der Waals surface area contributed by atoms with Gasteiger partial charge < -0.3 is 5.32 Å². The average Bonchev–Trinajstić information content (AvgIpc) is 2.74. The summed E-state index contributed by atoms with van der Waals surface area (Å²) in [6.07, 6.45) is 2.17. The molecule has 20 heavy (non-hydrogen) atoms. The molecule has 0 saturated heterocycles. The summed E-state index contributed by atoms with van der Waals surface area (Å²) in [4.78, 5) is 0. The molecule has 0 spiro atoms. The quantitative estimate of drug-likeness (QED) is 0.912. The van der Waals surface area contributed by atoms with E-state index in [2.05, 4.69) is 10.4 Å². The van der Waals surface area contributed by atoms with Gasteiger partial charge in [0.1, 0.15) is 11.6 Å². The third-order valence-electron chi connectivity index (χ3n) is 3.53. The van der Waals surface area contributed by atoms with Crippen molar-refractivity contribution in [3.05, 3.63) is 52.9 Å². The van der Waals surface area contributed by atoms with Crippen LogP contribution in [0.2, 0.25) is 0 Å². The van der Waals surface area contributed by atoms with Crippen LogP contribution in [0.25, 0.3) is 0 Å². The molecule has 0 bridgehead atoms. The number of benzene rings is 1. The summed E-state index contributed by atoms with van der Waals surface area (Å²) in [5.41, 5.74) is 2.41. The first kappa shape index (κ1) is 14.7. The molecule has 5 heteroatoms. The summed E-state index contributed by atoms with van der Waals surface area (Å²) in [6.45, 7) is 4.70. The van der Waals surface area contributed by atoms with Crippen molar-refractivity contribution in [3.63, 3.8) is 0 Å². The Hall–Kier alpha value is -1.75. The molecule has 0 aliphatic heterocycles. The Kier molecular flexibility index (Phi) is 4.49. The maximum absolute atomic E-state index is 13.8. The molecule has 108 valence electrons. The standard InChI is InChI=1S/C15H19F2N3/c1-4-18-15(13-9-19-20(3)10(13)2)8-11-7-12(16)5-6-14(11)17/h5-7,9,15,18H,4,8H2,1-3H3. The van der Waals surface area contributed by atoms with Crippen molar-refractivity contribution in [2.45, 2.75) is 26.3 Å². The largest absolute Gasteiger partial charge is 0.310 e. The Balaban J connectivity index is 2.30.